The number of hydrogen-bond acceptors (Lipinski definition) is 5. The zero-order valence-corrected chi connectivity index (χ0v) is 11.1. The van der Waals surface area contributed by atoms with Gasteiger partial charge in [0.05, 0.1) is 17.1 Å². The molecule has 0 spiro atoms. The molecule has 2 aromatic carbocycles. The summed E-state index contributed by atoms with van der Waals surface area (Å²) in [6, 6.07) is 12.2. The summed E-state index contributed by atoms with van der Waals surface area (Å²) in [5.74, 6) is -0.157. The van der Waals surface area contributed by atoms with Crippen molar-refractivity contribution in [2.24, 2.45) is 0 Å². The number of carbonyl (C=O) groups excluding carboxylic acids is 1. The van der Waals surface area contributed by atoms with Crippen molar-refractivity contribution in [1.29, 1.82) is 0 Å². The number of rotatable bonds is 6. The van der Waals surface area contributed by atoms with Crippen molar-refractivity contribution in [3.63, 3.8) is 0 Å². The Morgan fingerprint density at radius 3 is 2.52 bits per heavy atom. The van der Waals surface area contributed by atoms with Crippen LogP contribution >= 0.6 is 0 Å². The minimum absolute atomic E-state index is 0.00683. The van der Waals surface area contributed by atoms with E-state index in [0.717, 1.165) is 0 Å². The van der Waals surface area contributed by atoms with Crippen LogP contribution in [0.5, 0.6) is 5.75 Å². The first-order chi connectivity index (χ1) is 10.1. The minimum Gasteiger partial charge on any atom is -0.490 e. The van der Waals surface area contributed by atoms with E-state index in [4.69, 9.17) is 9.84 Å². The zero-order valence-electron chi connectivity index (χ0n) is 11.1. The van der Waals surface area contributed by atoms with E-state index in [1.54, 1.807) is 30.3 Å². The Balaban J connectivity index is 2.45. The lowest BCUT2D eigenvalue weighted by molar-refractivity contribution is -0.384. The number of benzene rings is 2. The molecular formula is C15H13NO5. The fourth-order valence-electron chi connectivity index (χ4n) is 1.84. The number of hydrogen-bond donors (Lipinski definition) is 1. The normalized spacial score (nSPS) is 10.1. The summed E-state index contributed by atoms with van der Waals surface area (Å²) in [7, 11) is 0. The Morgan fingerprint density at radius 2 is 1.90 bits per heavy atom. The van der Waals surface area contributed by atoms with Gasteiger partial charge in [0.1, 0.15) is 12.4 Å². The molecule has 0 unspecified atom stereocenters. The second-order valence-corrected chi connectivity index (χ2v) is 4.20. The van der Waals surface area contributed by atoms with Gasteiger partial charge >= 0.3 is 0 Å². The van der Waals surface area contributed by atoms with Crippen LogP contribution in [0.3, 0.4) is 0 Å². The lowest BCUT2D eigenvalue weighted by Crippen LogP contribution is -2.09. The average molecular weight is 287 g/mol. The van der Waals surface area contributed by atoms with E-state index in [9.17, 15) is 14.9 Å². The Bertz CT molecular complexity index is 654. The topological polar surface area (TPSA) is 89.7 Å². The van der Waals surface area contributed by atoms with Crippen LogP contribution in [0.1, 0.15) is 15.9 Å². The van der Waals surface area contributed by atoms with Crippen molar-refractivity contribution in [2.45, 2.75) is 0 Å². The van der Waals surface area contributed by atoms with Crippen molar-refractivity contribution in [2.75, 3.05) is 13.2 Å². The number of nitrogens with zero attached hydrogens (tertiary/aromatic N) is 1. The Morgan fingerprint density at radius 1 is 1.19 bits per heavy atom. The SMILES string of the molecule is O=C(c1ccccc1)c1cc([N+](=O)[O-])ccc1OCCO. The summed E-state index contributed by atoms with van der Waals surface area (Å²) in [6.07, 6.45) is 0. The molecule has 0 heterocycles. The molecule has 0 fully saturated rings. The van der Waals surface area contributed by atoms with Crippen LogP contribution in [0.15, 0.2) is 48.5 Å². The van der Waals surface area contributed by atoms with E-state index < -0.39 is 4.92 Å². The summed E-state index contributed by atoms with van der Waals surface area (Å²) in [6.45, 7) is -0.206. The van der Waals surface area contributed by atoms with E-state index in [1.165, 1.54) is 18.2 Å². The van der Waals surface area contributed by atoms with Crippen LogP contribution < -0.4 is 4.74 Å². The monoisotopic (exact) mass is 287 g/mol. The number of non-ortho nitro benzene ring substituents is 1. The number of nitro groups is 1. The van der Waals surface area contributed by atoms with E-state index in [0.29, 0.717) is 5.56 Å². The van der Waals surface area contributed by atoms with Gasteiger partial charge in [0.2, 0.25) is 0 Å². The first-order valence-corrected chi connectivity index (χ1v) is 6.25. The summed E-state index contributed by atoms with van der Waals surface area (Å²) in [5.41, 5.74) is 0.321. The number of ether oxygens (including phenoxy) is 1. The second-order valence-electron chi connectivity index (χ2n) is 4.20. The quantitative estimate of drug-likeness (QED) is 0.499. The first-order valence-electron chi connectivity index (χ1n) is 6.25. The summed E-state index contributed by atoms with van der Waals surface area (Å²) in [4.78, 5) is 22.7. The molecule has 108 valence electrons. The smallest absolute Gasteiger partial charge is 0.270 e. The Hall–Kier alpha value is -2.73. The van der Waals surface area contributed by atoms with Gasteiger partial charge in [-0.2, -0.15) is 0 Å². The summed E-state index contributed by atoms with van der Waals surface area (Å²) >= 11 is 0. The fraction of sp³-hybridized carbons (Fsp3) is 0.133. The van der Waals surface area contributed by atoms with Crippen LogP contribution in [-0.2, 0) is 0 Å². The Kier molecular flexibility index (Phi) is 4.63. The van der Waals surface area contributed by atoms with Gasteiger partial charge < -0.3 is 9.84 Å². The van der Waals surface area contributed by atoms with Gasteiger partial charge in [-0.1, -0.05) is 30.3 Å². The molecule has 0 aliphatic heterocycles. The molecule has 0 bridgehead atoms. The number of ketones is 1. The lowest BCUT2D eigenvalue weighted by Gasteiger charge is -2.10. The summed E-state index contributed by atoms with van der Waals surface area (Å²) < 4.78 is 5.27. The van der Waals surface area contributed by atoms with Crippen molar-refractivity contribution >= 4 is 11.5 Å². The van der Waals surface area contributed by atoms with Crippen molar-refractivity contribution in [3.8, 4) is 5.75 Å². The first kappa shape index (κ1) is 14.7. The highest BCUT2D eigenvalue weighted by Gasteiger charge is 2.19. The van der Waals surface area contributed by atoms with E-state index in [1.807, 2.05) is 0 Å². The van der Waals surface area contributed by atoms with Gasteiger partial charge in [-0.15, -0.1) is 0 Å². The third-order valence-corrected chi connectivity index (χ3v) is 2.80. The van der Waals surface area contributed by atoms with Crippen molar-refractivity contribution < 1.29 is 19.6 Å². The highest BCUT2D eigenvalue weighted by molar-refractivity contribution is 6.11. The van der Waals surface area contributed by atoms with Gasteiger partial charge in [0.15, 0.2) is 5.78 Å². The van der Waals surface area contributed by atoms with E-state index in [-0.39, 0.29) is 36.0 Å². The van der Waals surface area contributed by atoms with Crippen molar-refractivity contribution in [1.82, 2.24) is 0 Å². The molecule has 1 N–H and O–H groups in total. The van der Waals surface area contributed by atoms with E-state index >= 15 is 0 Å². The van der Waals surface area contributed by atoms with Gasteiger partial charge in [0, 0.05) is 17.7 Å². The molecule has 0 radical (unpaired) electrons. The molecule has 6 nitrogen and oxygen atoms in total. The maximum absolute atomic E-state index is 12.4. The van der Waals surface area contributed by atoms with Crippen LogP contribution in [0, 0.1) is 10.1 Å². The largest absolute Gasteiger partial charge is 0.490 e. The molecule has 0 aliphatic rings. The highest BCUT2D eigenvalue weighted by Crippen LogP contribution is 2.26. The molecule has 0 aromatic heterocycles. The fourth-order valence-corrected chi connectivity index (χ4v) is 1.84. The number of aliphatic hydroxyl groups is 1. The highest BCUT2D eigenvalue weighted by atomic mass is 16.6. The van der Waals surface area contributed by atoms with E-state index in [2.05, 4.69) is 0 Å². The standard InChI is InChI=1S/C15H13NO5/c17-8-9-21-14-7-6-12(16(19)20)10-13(14)15(18)11-4-2-1-3-5-11/h1-7,10,17H,8-9H2. The number of aliphatic hydroxyl groups excluding tert-OH is 1. The van der Waals surface area contributed by atoms with Gasteiger partial charge in [-0.05, 0) is 6.07 Å². The Labute approximate surface area is 120 Å². The van der Waals surface area contributed by atoms with Crippen LogP contribution in [0.2, 0.25) is 0 Å². The molecule has 0 saturated heterocycles. The molecule has 2 rings (SSSR count). The molecule has 21 heavy (non-hydrogen) atoms. The predicted molar refractivity (Wildman–Crippen MR) is 75.6 cm³/mol. The number of nitro benzene ring substituents is 1. The van der Waals surface area contributed by atoms with Crippen LogP contribution in [0.25, 0.3) is 0 Å². The van der Waals surface area contributed by atoms with Gasteiger partial charge in [0.25, 0.3) is 5.69 Å². The third-order valence-electron chi connectivity index (χ3n) is 2.80. The molecule has 0 aliphatic carbocycles. The van der Waals surface area contributed by atoms with Gasteiger partial charge in [-0.3, -0.25) is 14.9 Å². The minimum atomic E-state index is -0.572. The lowest BCUT2D eigenvalue weighted by atomic mass is 10.0. The predicted octanol–water partition coefficient (Wildman–Crippen LogP) is 2.20. The summed E-state index contributed by atoms with van der Waals surface area (Å²) in [5, 5.41) is 19.6. The number of carbonyl (C=O) groups is 1. The maximum Gasteiger partial charge on any atom is 0.270 e. The zero-order chi connectivity index (χ0) is 15.2. The van der Waals surface area contributed by atoms with Crippen LogP contribution in [0.4, 0.5) is 5.69 Å². The third kappa shape index (κ3) is 3.43. The maximum atomic E-state index is 12.4. The second kappa shape index (κ2) is 6.62. The molecule has 6 heteroatoms. The van der Waals surface area contributed by atoms with Gasteiger partial charge in [-0.25, -0.2) is 0 Å². The molecular weight excluding hydrogens is 274 g/mol. The molecule has 0 atom stereocenters. The van der Waals surface area contributed by atoms with Crippen molar-refractivity contribution in [3.05, 3.63) is 69.8 Å². The molecule has 2 aromatic rings. The van der Waals surface area contributed by atoms with Crippen LogP contribution in [-0.4, -0.2) is 29.0 Å². The average Bonchev–Trinajstić information content (AvgIpc) is 2.52. The molecule has 0 saturated carbocycles. The molecule has 0 amide bonds.